The zero-order valence-corrected chi connectivity index (χ0v) is 6.13. The Kier molecular flexibility index (Phi) is 2.49. The Bertz CT molecular complexity index is 85.0. The Hall–Kier alpha value is -0.0800. The van der Waals surface area contributed by atoms with Gasteiger partial charge in [0.1, 0.15) is 0 Å². The molecule has 0 aromatic rings. The highest BCUT2D eigenvalue weighted by molar-refractivity contribution is 4.77. The maximum Gasteiger partial charge on any atom is 0.0698 e. The molecule has 1 atom stereocenters. The summed E-state index contributed by atoms with van der Waals surface area (Å²) in [4.78, 5) is 2.19. The van der Waals surface area contributed by atoms with E-state index in [1.165, 1.54) is 6.42 Å². The summed E-state index contributed by atoms with van der Waals surface area (Å²) in [6, 6.07) is 0. The quantitative estimate of drug-likeness (QED) is 0.520. The topological polar surface area (TPSA) is 12.5 Å². The molecule has 1 heterocycles. The number of likely N-dealkylation sites (N-methyl/N-ethyl adjacent to an activating group) is 1. The summed E-state index contributed by atoms with van der Waals surface area (Å²) < 4.78 is 5.20. The second kappa shape index (κ2) is 3.18. The molecule has 1 aliphatic heterocycles. The van der Waals surface area contributed by atoms with Crippen molar-refractivity contribution in [2.75, 3.05) is 20.7 Å². The minimum Gasteiger partial charge on any atom is -0.380 e. The van der Waals surface area contributed by atoms with Crippen molar-refractivity contribution >= 4 is 0 Å². The number of hydrogen-bond donors (Lipinski definition) is 0. The number of rotatable bonds is 1. The van der Waals surface area contributed by atoms with E-state index in [2.05, 4.69) is 18.5 Å². The SMILES string of the molecule is COC1CC[CH]N(C)C1. The van der Waals surface area contributed by atoms with Crippen molar-refractivity contribution in [1.29, 1.82) is 0 Å². The van der Waals surface area contributed by atoms with E-state index in [0.29, 0.717) is 6.10 Å². The first-order valence-corrected chi connectivity index (χ1v) is 3.39. The zero-order valence-electron chi connectivity index (χ0n) is 6.13. The van der Waals surface area contributed by atoms with Crippen molar-refractivity contribution < 1.29 is 4.74 Å². The van der Waals surface area contributed by atoms with Crippen molar-refractivity contribution in [1.82, 2.24) is 4.90 Å². The van der Waals surface area contributed by atoms with E-state index < -0.39 is 0 Å². The van der Waals surface area contributed by atoms with E-state index >= 15 is 0 Å². The molecule has 2 nitrogen and oxygen atoms in total. The third-order valence-electron chi connectivity index (χ3n) is 1.75. The highest BCUT2D eigenvalue weighted by Crippen LogP contribution is 2.12. The van der Waals surface area contributed by atoms with Crippen LogP contribution in [-0.4, -0.2) is 31.7 Å². The maximum absolute atomic E-state index is 5.20. The van der Waals surface area contributed by atoms with Gasteiger partial charge in [0, 0.05) is 20.2 Å². The van der Waals surface area contributed by atoms with Crippen molar-refractivity contribution in [2.24, 2.45) is 0 Å². The number of nitrogens with zero attached hydrogens (tertiary/aromatic N) is 1. The van der Waals surface area contributed by atoms with Gasteiger partial charge in [0.05, 0.1) is 6.10 Å². The van der Waals surface area contributed by atoms with Crippen LogP contribution in [0.1, 0.15) is 12.8 Å². The first-order chi connectivity index (χ1) is 4.33. The van der Waals surface area contributed by atoms with Crippen molar-refractivity contribution in [2.45, 2.75) is 18.9 Å². The molecule has 0 aliphatic carbocycles. The Morgan fingerprint density at radius 2 is 2.44 bits per heavy atom. The minimum atomic E-state index is 0.458. The summed E-state index contributed by atoms with van der Waals surface area (Å²) >= 11 is 0. The molecule has 0 aromatic carbocycles. The van der Waals surface area contributed by atoms with Gasteiger partial charge in [-0.1, -0.05) is 0 Å². The minimum absolute atomic E-state index is 0.458. The Balaban J connectivity index is 2.23. The fraction of sp³-hybridized carbons (Fsp3) is 0.857. The van der Waals surface area contributed by atoms with Crippen LogP contribution in [0.4, 0.5) is 0 Å². The van der Waals surface area contributed by atoms with Gasteiger partial charge < -0.3 is 4.74 Å². The van der Waals surface area contributed by atoms with E-state index in [0.717, 1.165) is 13.0 Å². The molecular weight excluding hydrogens is 114 g/mol. The van der Waals surface area contributed by atoms with Crippen LogP contribution in [0.2, 0.25) is 0 Å². The average molecular weight is 128 g/mol. The van der Waals surface area contributed by atoms with Crippen molar-refractivity contribution in [3.05, 3.63) is 6.54 Å². The van der Waals surface area contributed by atoms with E-state index in [9.17, 15) is 0 Å². The molecule has 0 spiro atoms. The van der Waals surface area contributed by atoms with Crippen LogP contribution in [0, 0.1) is 6.54 Å². The van der Waals surface area contributed by atoms with Gasteiger partial charge in [-0.2, -0.15) is 0 Å². The van der Waals surface area contributed by atoms with Crippen LogP contribution in [0.25, 0.3) is 0 Å². The lowest BCUT2D eigenvalue weighted by Crippen LogP contribution is -2.33. The van der Waals surface area contributed by atoms with Crippen LogP contribution in [0.15, 0.2) is 0 Å². The summed E-state index contributed by atoms with van der Waals surface area (Å²) in [5.74, 6) is 0. The van der Waals surface area contributed by atoms with Gasteiger partial charge in [0.15, 0.2) is 0 Å². The van der Waals surface area contributed by atoms with Crippen LogP contribution in [0.5, 0.6) is 0 Å². The molecule has 2 heteroatoms. The van der Waals surface area contributed by atoms with Crippen molar-refractivity contribution in [3.63, 3.8) is 0 Å². The van der Waals surface area contributed by atoms with E-state index in [1.807, 2.05) is 0 Å². The van der Waals surface area contributed by atoms with Gasteiger partial charge in [-0.15, -0.1) is 0 Å². The maximum atomic E-state index is 5.20. The summed E-state index contributed by atoms with van der Waals surface area (Å²) in [5, 5.41) is 0. The lowest BCUT2D eigenvalue weighted by Gasteiger charge is -2.27. The van der Waals surface area contributed by atoms with Crippen LogP contribution in [-0.2, 0) is 4.74 Å². The predicted octanol–water partition coefficient (Wildman–Crippen LogP) is 0.889. The second-order valence-corrected chi connectivity index (χ2v) is 2.56. The lowest BCUT2D eigenvalue weighted by atomic mass is 10.1. The van der Waals surface area contributed by atoms with Gasteiger partial charge in [-0.05, 0) is 19.9 Å². The molecule has 0 saturated carbocycles. The van der Waals surface area contributed by atoms with Gasteiger partial charge in [-0.3, -0.25) is 4.90 Å². The molecule has 1 radical (unpaired) electrons. The number of likely N-dealkylation sites (tertiary alicyclic amines) is 1. The van der Waals surface area contributed by atoms with Crippen LogP contribution in [0.3, 0.4) is 0 Å². The molecular formula is C7H14NO. The van der Waals surface area contributed by atoms with Gasteiger partial charge in [-0.25, -0.2) is 0 Å². The first kappa shape index (κ1) is 7.03. The zero-order chi connectivity index (χ0) is 6.69. The van der Waals surface area contributed by atoms with Gasteiger partial charge in [0.2, 0.25) is 0 Å². The average Bonchev–Trinajstić information content (AvgIpc) is 1.88. The Morgan fingerprint density at radius 1 is 1.67 bits per heavy atom. The molecule has 0 aromatic heterocycles. The van der Waals surface area contributed by atoms with E-state index in [4.69, 9.17) is 4.74 Å². The Labute approximate surface area is 56.8 Å². The molecule has 0 N–H and O–H groups in total. The molecule has 53 valence electrons. The number of piperidine rings is 1. The summed E-state index contributed by atoms with van der Waals surface area (Å²) in [5.41, 5.74) is 0. The smallest absolute Gasteiger partial charge is 0.0698 e. The number of methoxy groups -OCH3 is 1. The molecule has 9 heavy (non-hydrogen) atoms. The van der Waals surface area contributed by atoms with Crippen LogP contribution >= 0.6 is 0 Å². The molecule has 1 unspecified atom stereocenters. The largest absolute Gasteiger partial charge is 0.380 e. The van der Waals surface area contributed by atoms with E-state index in [1.54, 1.807) is 7.11 Å². The third-order valence-corrected chi connectivity index (χ3v) is 1.75. The fourth-order valence-electron chi connectivity index (χ4n) is 1.16. The normalized spacial score (nSPS) is 30.7. The first-order valence-electron chi connectivity index (χ1n) is 3.39. The molecule has 1 fully saturated rings. The monoisotopic (exact) mass is 128 g/mol. The summed E-state index contributed by atoms with van der Waals surface area (Å²) in [7, 11) is 3.87. The molecule has 0 amide bonds. The van der Waals surface area contributed by atoms with Crippen molar-refractivity contribution in [3.8, 4) is 0 Å². The summed E-state index contributed by atoms with van der Waals surface area (Å²) in [6.45, 7) is 3.27. The molecule has 1 saturated heterocycles. The van der Waals surface area contributed by atoms with Crippen LogP contribution < -0.4 is 0 Å². The highest BCUT2D eigenvalue weighted by Gasteiger charge is 2.15. The third kappa shape index (κ3) is 1.95. The van der Waals surface area contributed by atoms with Gasteiger partial charge in [0.25, 0.3) is 0 Å². The number of hydrogen-bond acceptors (Lipinski definition) is 2. The fourth-order valence-corrected chi connectivity index (χ4v) is 1.16. The highest BCUT2D eigenvalue weighted by atomic mass is 16.5. The molecule has 1 aliphatic rings. The number of ether oxygens (including phenoxy) is 1. The predicted molar refractivity (Wildman–Crippen MR) is 37.0 cm³/mol. The lowest BCUT2D eigenvalue weighted by molar-refractivity contribution is 0.0537. The van der Waals surface area contributed by atoms with Gasteiger partial charge >= 0.3 is 0 Å². The van der Waals surface area contributed by atoms with E-state index in [-0.39, 0.29) is 0 Å². The molecule has 0 bridgehead atoms. The summed E-state index contributed by atoms with van der Waals surface area (Å²) in [6.07, 6.45) is 2.80. The second-order valence-electron chi connectivity index (χ2n) is 2.56. The standard InChI is InChI=1S/C7H14NO/c1-8-5-3-4-7(6-8)9-2/h5,7H,3-4,6H2,1-2H3. The Morgan fingerprint density at radius 3 is 2.89 bits per heavy atom. The molecule has 1 rings (SSSR count).